The number of nitrogens with one attached hydrogen (secondary N) is 1. The Balaban J connectivity index is 1.69. The summed E-state index contributed by atoms with van der Waals surface area (Å²) in [5.74, 6) is -0.360. The topological polar surface area (TPSA) is 68.9 Å². The largest absolute Gasteiger partial charge is 0.283 e. The van der Waals surface area contributed by atoms with Crippen molar-refractivity contribution in [3.8, 4) is 0 Å². The summed E-state index contributed by atoms with van der Waals surface area (Å²) in [6.07, 6.45) is 1.68. The lowest BCUT2D eigenvalue weighted by molar-refractivity contribution is -0.114. The minimum atomic E-state index is -0.409. The van der Waals surface area contributed by atoms with E-state index in [1.54, 1.807) is 6.08 Å². The van der Waals surface area contributed by atoms with Gasteiger partial charge in [-0.25, -0.2) is 0 Å². The van der Waals surface area contributed by atoms with E-state index in [2.05, 4.69) is 10.1 Å². The number of hydrogen-bond acceptors (Lipinski definition) is 4. The third kappa shape index (κ3) is 2.92. The van der Waals surface area contributed by atoms with Gasteiger partial charge < -0.3 is 0 Å². The van der Waals surface area contributed by atoms with Gasteiger partial charge in [-0.3, -0.25) is 10.2 Å². The summed E-state index contributed by atoms with van der Waals surface area (Å²) in [7, 11) is 0. The molecule has 0 fully saturated rings. The number of amidine groups is 2. The zero-order chi connectivity index (χ0) is 17.4. The summed E-state index contributed by atoms with van der Waals surface area (Å²) >= 11 is 1.31. The average Bonchev–Trinajstić information content (AvgIpc) is 3.04. The first-order valence-corrected chi connectivity index (χ1v) is 8.56. The molecular formula is C19H14N4OS. The molecule has 2 aliphatic rings. The number of hydrazone groups is 1. The van der Waals surface area contributed by atoms with Crippen LogP contribution in [0.2, 0.25) is 0 Å². The van der Waals surface area contributed by atoms with E-state index in [0.717, 1.165) is 16.2 Å². The lowest BCUT2D eigenvalue weighted by Crippen LogP contribution is -2.35. The number of carbonyl (C=O) groups excluding carboxylic acids is 1. The minimum Gasteiger partial charge on any atom is -0.282 e. The maximum absolute atomic E-state index is 12.4. The van der Waals surface area contributed by atoms with Gasteiger partial charge in [-0.1, -0.05) is 60.2 Å². The van der Waals surface area contributed by atoms with Crippen molar-refractivity contribution in [2.45, 2.75) is 6.92 Å². The molecule has 122 valence electrons. The van der Waals surface area contributed by atoms with E-state index >= 15 is 0 Å². The first-order chi connectivity index (χ1) is 12.1. The fraction of sp³-hybridized carbons (Fsp3) is 0.0526. The molecule has 2 aromatic rings. The van der Waals surface area contributed by atoms with E-state index < -0.39 is 5.91 Å². The van der Waals surface area contributed by atoms with Gasteiger partial charge >= 0.3 is 0 Å². The summed E-state index contributed by atoms with van der Waals surface area (Å²) in [6.45, 7) is 2.02. The molecule has 4 rings (SSSR count). The molecule has 25 heavy (non-hydrogen) atoms. The molecule has 1 N–H and O–H groups in total. The molecule has 0 aromatic heterocycles. The van der Waals surface area contributed by atoms with Crippen LogP contribution in [0.4, 0.5) is 0 Å². The second-order valence-electron chi connectivity index (χ2n) is 5.70. The normalized spacial score (nSPS) is 18.3. The van der Waals surface area contributed by atoms with Gasteiger partial charge in [0.25, 0.3) is 5.91 Å². The van der Waals surface area contributed by atoms with E-state index in [1.165, 1.54) is 22.3 Å². The quantitative estimate of drug-likeness (QED) is 0.844. The van der Waals surface area contributed by atoms with Crippen molar-refractivity contribution in [1.82, 2.24) is 5.01 Å². The zero-order valence-corrected chi connectivity index (χ0v) is 14.2. The molecule has 0 unspecified atom stereocenters. The summed E-state index contributed by atoms with van der Waals surface area (Å²) in [5.41, 5.74) is 3.20. The Kier molecular flexibility index (Phi) is 3.82. The molecule has 0 saturated heterocycles. The number of thioether (sulfide) groups is 1. The molecule has 2 aliphatic heterocycles. The first-order valence-electron chi connectivity index (χ1n) is 7.74. The SMILES string of the molecule is Cc1ccc(C2=NN3C(=N)C(=Cc4ccccc4)C(=O)N=C3S2)cc1. The first kappa shape index (κ1) is 15.5. The molecule has 0 spiro atoms. The van der Waals surface area contributed by atoms with Crippen LogP contribution in [0, 0.1) is 12.3 Å². The highest BCUT2D eigenvalue weighted by Crippen LogP contribution is 2.30. The molecular weight excluding hydrogens is 332 g/mol. The van der Waals surface area contributed by atoms with Crippen molar-refractivity contribution >= 4 is 39.8 Å². The van der Waals surface area contributed by atoms with Crippen molar-refractivity contribution in [1.29, 1.82) is 5.41 Å². The molecule has 0 bridgehead atoms. The van der Waals surface area contributed by atoms with Gasteiger partial charge in [0, 0.05) is 5.56 Å². The fourth-order valence-electron chi connectivity index (χ4n) is 2.52. The van der Waals surface area contributed by atoms with Crippen LogP contribution in [0.3, 0.4) is 0 Å². The third-order valence-corrected chi connectivity index (χ3v) is 4.82. The van der Waals surface area contributed by atoms with Gasteiger partial charge in [-0.05, 0) is 30.3 Å². The van der Waals surface area contributed by atoms with Crippen LogP contribution in [-0.4, -0.2) is 27.0 Å². The summed E-state index contributed by atoms with van der Waals surface area (Å²) in [5, 5.41) is 15.4. The Morgan fingerprint density at radius 1 is 1.08 bits per heavy atom. The van der Waals surface area contributed by atoms with Gasteiger partial charge in [0.15, 0.2) is 5.84 Å². The van der Waals surface area contributed by atoms with Crippen LogP contribution in [0.25, 0.3) is 6.08 Å². The van der Waals surface area contributed by atoms with Gasteiger partial charge in [0.2, 0.25) is 5.17 Å². The van der Waals surface area contributed by atoms with Gasteiger partial charge in [-0.2, -0.15) is 15.1 Å². The Morgan fingerprint density at radius 2 is 1.80 bits per heavy atom. The van der Waals surface area contributed by atoms with Gasteiger partial charge in [0.05, 0.1) is 5.57 Å². The Hall–Kier alpha value is -2.99. The van der Waals surface area contributed by atoms with Gasteiger partial charge in [-0.15, -0.1) is 0 Å². The number of carbonyl (C=O) groups is 1. The highest BCUT2D eigenvalue weighted by molar-refractivity contribution is 8.27. The highest BCUT2D eigenvalue weighted by atomic mass is 32.2. The monoisotopic (exact) mass is 346 g/mol. The number of aryl methyl sites for hydroxylation is 1. The standard InChI is InChI=1S/C19H14N4OS/c1-12-7-9-14(10-8-12)18-22-23-16(20)15(17(24)21-19(23)25-18)11-13-5-3-2-4-6-13/h2-11,20H,1H3. The third-order valence-electron chi connectivity index (χ3n) is 3.86. The van der Waals surface area contributed by atoms with Crippen LogP contribution >= 0.6 is 11.8 Å². The van der Waals surface area contributed by atoms with E-state index in [9.17, 15) is 4.79 Å². The van der Waals surface area contributed by atoms with Crippen molar-refractivity contribution < 1.29 is 4.79 Å². The molecule has 0 saturated carbocycles. The van der Waals surface area contributed by atoms with Crippen molar-refractivity contribution in [3.05, 3.63) is 76.9 Å². The molecule has 2 aromatic carbocycles. The molecule has 0 radical (unpaired) electrons. The predicted octanol–water partition coefficient (Wildman–Crippen LogP) is 3.66. The molecule has 2 heterocycles. The van der Waals surface area contributed by atoms with E-state index in [1.807, 2.05) is 61.5 Å². The summed E-state index contributed by atoms with van der Waals surface area (Å²) in [4.78, 5) is 16.5. The Morgan fingerprint density at radius 3 is 2.52 bits per heavy atom. The van der Waals surface area contributed by atoms with Crippen LogP contribution in [0.5, 0.6) is 0 Å². The maximum Gasteiger partial charge on any atom is 0.283 e. The zero-order valence-electron chi connectivity index (χ0n) is 13.4. The predicted molar refractivity (Wildman–Crippen MR) is 102 cm³/mol. The van der Waals surface area contributed by atoms with E-state index in [0.29, 0.717) is 5.17 Å². The minimum absolute atomic E-state index is 0.0495. The number of amides is 1. The van der Waals surface area contributed by atoms with Crippen LogP contribution in [0.15, 0.2) is 70.3 Å². The number of benzene rings is 2. The smallest absolute Gasteiger partial charge is 0.282 e. The van der Waals surface area contributed by atoms with Gasteiger partial charge in [0.1, 0.15) is 5.04 Å². The number of aliphatic imine (C=N–C) groups is 1. The molecule has 0 atom stereocenters. The van der Waals surface area contributed by atoms with Crippen LogP contribution in [0.1, 0.15) is 16.7 Å². The van der Waals surface area contributed by atoms with Crippen molar-refractivity contribution in [3.63, 3.8) is 0 Å². The van der Waals surface area contributed by atoms with Crippen molar-refractivity contribution in [2.75, 3.05) is 0 Å². The van der Waals surface area contributed by atoms with Crippen LogP contribution in [-0.2, 0) is 4.79 Å². The lowest BCUT2D eigenvalue weighted by atomic mass is 10.1. The average molecular weight is 346 g/mol. The lowest BCUT2D eigenvalue weighted by Gasteiger charge is -2.20. The number of hydrogen-bond donors (Lipinski definition) is 1. The Bertz CT molecular complexity index is 959. The number of fused-ring (bicyclic) bond motifs is 1. The second kappa shape index (κ2) is 6.14. The molecule has 1 amide bonds. The van der Waals surface area contributed by atoms with Crippen LogP contribution < -0.4 is 0 Å². The molecule has 0 aliphatic carbocycles. The summed E-state index contributed by atoms with van der Waals surface area (Å²) in [6, 6.07) is 17.4. The highest BCUT2D eigenvalue weighted by Gasteiger charge is 2.35. The van der Waals surface area contributed by atoms with Crippen molar-refractivity contribution in [2.24, 2.45) is 10.1 Å². The molecule has 6 heteroatoms. The maximum atomic E-state index is 12.4. The molecule has 5 nitrogen and oxygen atoms in total. The number of nitrogens with zero attached hydrogens (tertiary/aromatic N) is 3. The van der Waals surface area contributed by atoms with E-state index in [-0.39, 0.29) is 11.4 Å². The second-order valence-corrected chi connectivity index (χ2v) is 6.66. The fourth-order valence-corrected chi connectivity index (χ4v) is 3.42. The summed E-state index contributed by atoms with van der Waals surface area (Å²) < 4.78 is 0. The number of rotatable bonds is 2. The van der Waals surface area contributed by atoms with E-state index in [4.69, 9.17) is 5.41 Å². The Labute approximate surface area is 149 Å².